The summed E-state index contributed by atoms with van der Waals surface area (Å²) in [5, 5.41) is 5.58. The average Bonchev–Trinajstić information content (AvgIpc) is 2.31. The molecule has 2 amide bonds. The topological polar surface area (TPSA) is 84.2 Å². The zero-order valence-electron chi connectivity index (χ0n) is 11.1. The largest absolute Gasteiger partial charge is 0.356 e. The van der Waals surface area contributed by atoms with Gasteiger partial charge < -0.3 is 16.4 Å². The molecule has 0 aromatic heterocycles. The molecule has 0 bridgehead atoms. The Morgan fingerprint density at radius 1 is 1.18 bits per heavy atom. The molecule has 5 heteroatoms. The zero-order valence-corrected chi connectivity index (χ0v) is 11.1. The molecule has 0 aliphatic carbocycles. The molecule has 5 nitrogen and oxygen atoms in total. The molecule has 0 radical (unpaired) electrons. The maximum absolute atomic E-state index is 11.4. The van der Waals surface area contributed by atoms with Crippen molar-refractivity contribution in [1.82, 2.24) is 10.6 Å². The Kier molecular flexibility index (Phi) is 7.54. The molecule has 4 N–H and O–H groups in total. The zero-order chi connectivity index (χ0) is 13.3. The summed E-state index contributed by atoms with van der Waals surface area (Å²) in [6.07, 6.45) is 2.18. The van der Waals surface area contributed by atoms with Gasteiger partial charge in [-0.2, -0.15) is 0 Å². The summed E-state index contributed by atoms with van der Waals surface area (Å²) in [6.45, 7) is 7.35. The molecule has 0 atom stereocenters. The lowest BCUT2D eigenvalue weighted by Crippen LogP contribution is -2.38. The minimum absolute atomic E-state index is 0.00701. The van der Waals surface area contributed by atoms with Crippen molar-refractivity contribution in [2.45, 2.75) is 40.0 Å². The molecule has 0 saturated heterocycles. The van der Waals surface area contributed by atoms with Gasteiger partial charge in [-0.3, -0.25) is 9.59 Å². The minimum Gasteiger partial charge on any atom is -0.356 e. The van der Waals surface area contributed by atoms with Crippen LogP contribution < -0.4 is 16.4 Å². The van der Waals surface area contributed by atoms with Crippen LogP contribution in [0.15, 0.2) is 0 Å². The second-order valence-corrected chi connectivity index (χ2v) is 5.00. The predicted molar refractivity (Wildman–Crippen MR) is 68.4 cm³/mol. The van der Waals surface area contributed by atoms with Crippen molar-refractivity contribution in [3.05, 3.63) is 0 Å². The molecular weight excluding hydrogens is 218 g/mol. The Hall–Kier alpha value is -1.10. The summed E-state index contributed by atoms with van der Waals surface area (Å²) in [6, 6.07) is 0. The van der Waals surface area contributed by atoms with E-state index < -0.39 is 0 Å². The Balaban J connectivity index is 3.84. The molecule has 17 heavy (non-hydrogen) atoms. The van der Waals surface area contributed by atoms with Crippen LogP contribution in [-0.2, 0) is 9.59 Å². The summed E-state index contributed by atoms with van der Waals surface area (Å²) in [4.78, 5) is 22.4. The highest BCUT2D eigenvalue weighted by Gasteiger charge is 2.19. The van der Waals surface area contributed by atoms with Crippen LogP contribution in [0.5, 0.6) is 0 Å². The molecule has 0 aromatic carbocycles. The van der Waals surface area contributed by atoms with Crippen molar-refractivity contribution in [2.24, 2.45) is 11.1 Å². The fraction of sp³-hybridized carbons (Fsp3) is 0.833. The van der Waals surface area contributed by atoms with E-state index in [0.717, 1.165) is 19.4 Å². The number of rotatable bonds is 8. The van der Waals surface area contributed by atoms with Gasteiger partial charge in [-0.05, 0) is 18.3 Å². The number of nitrogens with one attached hydrogen (secondary N) is 2. The first kappa shape index (κ1) is 15.9. The van der Waals surface area contributed by atoms with Crippen LogP contribution in [0.4, 0.5) is 0 Å². The van der Waals surface area contributed by atoms with Gasteiger partial charge in [-0.25, -0.2) is 0 Å². The highest BCUT2D eigenvalue weighted by atomic mass is 16.2. The fourth-order valence-corrected chi connectivity index (χ4v) is 1.30. The molecule has 0 unspecified atom stereocenters. The van der Waals surface area contributed by atoms with Gasteiger partial charge in [-0.15, -0.1) is 0 Å². The van der Waals surface area contributed by atoms with Gasteiger partial charge in [0, 0.05) is 19.5 Å². The molecule has 0 fully saturated rings. The molecule has 100 valence electrons. The Morgan fingerprint density at radius 3 is 2.35 bits per heavy atom. The van der Waals surface area contributed by atoms with Crippen LogP contribution in [0, 0.1) is 5.41 Å². The van der Waals surface area contributed by atoms with Crippen LogP contribution in [0.1, 0.15) is 40.0 Å². The van der Waals surface area contributed by atoms with E-state index in [1.54, 1.807) is 0 Å². The van der Waals surface area contributed by atoms with E-state index >= 15 is 0 Å². The molecule has 0 rings (SSSR count). The monoisotopic (exact) mass is 243 g/mol. The highest BCUT2D eigenvalue weighted by molar-refractivity contribution is 5.77. The van der Waals surface area contributed by atoms with Crippen molar-refractivity contribution in [2.75, 3.05) is 19.6 Å². The summed E-state index contributed by atoms with van der Waals surface area (Å²) in [5.41, 5.74) is 5.11. The van der Waals surface area contributed by atoms with Crippen molar-refractivity contribution >= 4 is 11.8 Å². The average molecular weight is 243 g/mol. The number of nitrogens with two attached hydrogens (primary N) is 1. The minimum atomic E-state index is -0.159. The van der Waals surface area contributed by atoms with E-state index in [2.05, 4.69) is 10.6 Å². The lowest BCUT2D eigenvalue weighted by molar-refractivity contribution is -0.121. The first-order chi connectivity index (χ1) is 7.91. The van der Waals surface area contributed by atoms with E-state index in [0.29, 0.717) is 13.0 Å². The normalized spacial score (nSPS) is 11.1. The third kappa shape index (κ3) is 8.68. The molecule has 0 saturated carbocycles. The molecule has 0 aliphatic rings. The van der Waals surface area contributed by atoms with Crippen molar-refractivity contribution in [3.8, 4) is 0 Å². The van der Waals surface area contributed by atoms with Crippen LogP contribution in [0.2, 0.25) is 0 Å². The molecule has 0 aliphatic heterocycles. The smallest absolute Gasteiger partial charge is 0.233 e. The highest BCUT2D eigenvalue weighted by Crippen LogP contribution is 2.20. The van der Waals surface area contributed by atoms with E-state index in [1.165, 1.54) is 0 Å². The first-order valence-corrected chi connectivity index (χ1v) is 6.14. The van der Waals surface area contributed by atoms with Gasteiger partial charge in [-0.1, -0.05) is 20.8 Å². The maximum atomic E-state index is 11.4. The van der Waals surface area contributed by atoms with Gasteiger partial charge in [0.25, 0.3) is 0 Å². The van der Waals surface area contributed by atoms with E-state index in [-0.39, 0.29) is 23.8 Å². The SMILES string of the molecule is CCCNC(=O)CCC(C)(C)CNC(=O)CN. The summed E-state index contributed by atoms with van der Waals surface area (Å²) >= 11 is 0. The van der Waals surface area contributed by atoms with Gasteiger partial charge in [0.2, 0.25) is 11.8 Å². The van der Waals surface area contributed by atoms with Gasteiger partial charge in [0.1, 0.15) is 0 Å². The fourth-order valence-electron chi connectivity index (χ4n) is 1.30. The number of amides is 2. The second kappa shape index (κ2) is 8.06. The summed E-state index contributed by atoms with van der Waals surface area (Å²) in [5.74, 6) is -0.0846. The number of hydrogen-bond acceptors (Lipinski definition) is 3. The third-order valence-electron chi connectivity index (χ3n) is 2.55. The molecular formula is C12H25N3O2. The van der Waals surface area contributed by atoms with Gasteiger partial charge in [0.05, 0.1) is 6.54 Å². The van der Waals surface area contributed by atoms with E-state index in [9.17, 15) is 9.59 Å². The lowest BCUT2D eigenvalue weighted by atomic mass is 9.87. The number of carbonyl (C=O) groups is 2. The Bertz CT molecular complexity index is 252. The van der Waals surface area contributed by atoms with Crippen LogP contribution in [0.25, 0.3) is 0 Å². The summed E-state index contributed by atoms with van der Waals surface area (Å²) < 4.78 is 0. The number of carbonyl (C=O) groups excluding carboxylic acids is 2. The van der Waals surface area contributed by atoms with Crippen molar-refractivity contribution < 1.29 is 9.59 Å². The van der Waals surface area contributed by atoms with Crippen LogP contribution >= 0.6 is 0 Å². The van der Waals surface area contributed by atoms with E-state index in [1.807, 2.05) is 20.8 Å². The Morgan fingerprint density at radius 2 is 1.82 bits per heavy atom. The van der Waals surface area contributed by atoms with Gasteiger partial charge in [0.15, 0.2) is 0 Å². The van der Waals surface area contributed by atoms with Crippen molar-refractivity contribution in [3.63, 3.8) is 0 Å². The second-order valence-electron chi connectivity index (χ2n) is 5.00. The van der Waals surface area contributed by atoms with Crippen LogP contribution in [-0.4, -0.2) is 31.4 Å². The molecule has 0 heterocycles. The predicted octanol–water partition coefficient (Wildman–Crippen LogP) is 0.394. The maximum Gasteiger partial charge on any atom is 0.233 e. The number of hydrogen-bond donors (Lipinski definition) is 3. The summed E-state index contributed by atoms with van der Waals surface area (Å²) in [7, 11) is 0. The molecule has 0 aromatic rings. The molecule has 0 spiro atoms. The lowest BCUT2D eigenvalue weighted by Gasteiger charge is -2.24. The van der Waals surface area contributed by atoms with Crippen molar-refractivity contribution in [1.29, 1.82) is 0 Å². The standard InChI is InChI=1S/C12H25N3O2/c1-4-7-14-10(16)5-6-12(2,3)9-15-11(17)8-13/h4-9,13H2,1-3H3,(H,14,16)(H,15,17). The Labute approximate surface area is 104 Å². The first-order valence-electron chi connectivity index (χ1n) is 6.14. The quantitative estimate of drug-likeness (QED) is 0.576. The van der Waals surface area contributed by atoms with Crippen LogP contribution in [0.3, 0.4) is 0 Å². The van der Waals surface area contributed by atoms with E-state index in [4.69, 9.17) is 5.73 Å². The van der Waals surface area contributed by atoms with Gasteiger partial charge >= 0.3 is 0 Å². The third-order valence-corrected chi connectivity index (χ3v) is 2.55.